The fraction of sp³-hybridized carbons (Fsp3) is 0.167. The number of carbonyl (C=O) groups excluding carboxylic acids is 1. The van der Waals surface area contributed by atoms with E-state index in [0.717, 1.165) is 5.56 Å². The molecule has 2 aromatic rings. The summed E-state index contributed by atoms with van der Waals surface area (Å²) in [5, 5.41) is 3.37. The number of thiazole rings is 1. The Morgan fingerprint density at radius 2 is 2.21 bits per heavy atom. The molecule has 2 heterocycles. The molecule has 7 heteroatoms. The van der Waals surface area contributed by atoms with Gasteiger partial charge in [-0.15, -0.1) is 23.1 Å². The lowest BCUT2D eigenvalue weighted by Crippen LogP contribution is -2.27. The van der Waals surface area contributed by atoms with E-state index < -0.39 is 0 Å². The van der Waals surface area contributed by atoms with Crippen molar-refractivity contribution in [2.75, 3.05) is 10.7 Å². The number of rotatable bonds is 2. The van der Waals surface area contributed by atoms with Gasteiger partial charge in [0.05, 0.1) is 15.8 Å². The quantitative estimate of drug-likeness (QED) is 0.826. The summed E-state index contributed by atoms with van der Waals surface area (Å²) >= 11 is 15.3. The van der Waals surface area contributed by atoms with Crippen molar-refractivity contribution >= 4 is 57.3 Å². The molecule has 0 N–H and O–H groups in total. The number of nitrogens with zero attached hydrogens (tertiary/aromatic N) is 2. The summed E-state index contributed by atoms with van der Waals surface area (Å²) < 4.78 is 0. The Kier molecular flexibility index (Phi) is 3.71. The highest BCUT2D eigenvalue weighted by molar-refractivity contribution is 8.00. The molecule has 0 unspecified atom stereocenters. The summed E-state index contributed by atoms with van der Waals surface area (Å²) in [5.74, 6) is 0.466. The van der Waals surface area contributed by atoms with Gasteiger partial charge >= 0.3 is 0 Å². The molecule has 1 fully saturated rings. The largest absolute Gasteiger partial charge is 0.273 e. The predicted octanol–water partition coefficient (Wildman–Crippen LogP) is 4.23. The molecule has 0 bridgehead atoms. The first-order valence-corrected chi connectivity index (χ1v) is 8.14. The van der Waals surface area contributed by atoms with Crippen LogP contribution in [0.25, 0.3) is 0 Å². The molecule has 1 aromatic heterocycles. The van der Waals surface area contributed by atoms with E-state index in [0.29, 0.717) is 20.9 Å². The lowest BCUT2D eigenvalue weighted by Gasteiger charge is -2.22. The summed E-state index contributed by atoms with van der Waals surface area (Å²) in [7, 11) is 0. The number of amides is 1. The van der Waals surface area contributed by atoms with Crippen LogP contribution >= 0.6 is 46.3 Å². The zero-order valence-corrected chi connectivity index (χ0v) is 12.7. The average molecular weight is 331 g/mol. The minimum absolute atomic E-state index is 0.0426. The summed E-state index contributed by atoms with van der Waals surface area (Å²) in [4.78, 5) is 17.9. The van der Waals surface area contributed by atoms with Gasteiger partial charge in [0.25, 0.3) is 0 Å². The summed E-state index contributed by atoms with van der Waals surface area (Å²) in [6.07, 6.45) is 1.69. The van der Waals surface area contributed by atoms with Gasteiger partial charge in [-0.2, -0.15) is 0 Å². The van der Waals surface area contributed by atoms with Gasteiger partial charge in [0.2, 0.25) is 5.91 Å². The first-order chi connectivity index (χ1) is 9.18. The van der Waals surface area contributed by atoms with Crippen molar-refractivity contribution in [3.63, 3.8) is 0 Å². The molecule has 1 aromatic carbocycles. The Morgan fingerprint density at radius 3 is 2.95 bits per heavy atom. The lowest BCUT2D eigenvalue weighted by molar-refractivity contribution is -0.115. The molecule has 98 valence electrons. The van der Waals surface area contributed by atoms with Crippen LogP contribution in [0.3, 0.4) is 0 Å². The normalized spacial score (nSPS) is 19.2. The second-order valence-electron chi connectivity index (χ2n) is 3.88. The number of carbonyl (C=O) groups is 1. The molecule has 3 nitrogen and oxygen atoms in total. The lowest BCUT2D eigenvalue weighted by atomic mass is 10.2. The van der Waals surface area contributed by atoms with E-state index in [-0.39, 0.29) is 11.3 Å². The van der Waals surface area contributed by atoms with Crippen molar-refractivity contribution in [3.05, 3.63) is 45.4 Å². The fourth-order valence-corrected chi connectivity index (χ4v) is 4.32. The topological polar surface area (TPSA) is 33.2 Å². The maximum Gasteiger partial charge on any atom is 0.240 e. The second-order valence-corrected chi connectivity index (χ2v) is 6.61. The van der Waals surface area contributed by atoms with Crippen molar-refractivity contribution in [1.29, 1.82) is 0 Å². The molecule has 1 atom stereocenters. The van der Waals surface area contributed by atoms with Gasteiger partial charge in [-0.1, -0.05) is 35.3 Å². The van der Waals surface area contributed by atoms with E-state index in [1.807, 2.05) is 17.5 Å². The Bertz CT molecular complexity index is 618. The van der Waals surface area contributed by atoms with E-state index in [1.165, 1.54) is 23.1 Å². The zero-order chi connectivity index (χ0) is 13.4. The average Bonchev–Trinajstić information content (AvgIpc) is 3.02. The minimum atomic E-state index is -0.162. The Hall–Kier alpha value is -0.750. The van der Waals surface area contributed by atoms with Crippen molar-refractivity contribution in [3.8, 4) is 0 Å². The number of anilines is 1. The Labute approximate surface area is 128 Å². The number of hydrogen-bond donors (Lipinski definition) is 0. The third-order valence-electron chi connectivity index (χ3n) is 2.74. The Balaban J connectivity index is 2.04. The zero-order valence-electron chi connectivity index (χ0n) is 9.55. The Morgan fingerprint density at radius 1 is 1.37 bits per heavy atom. The van der Waals surface area contributed by atoms with Crippen LogP contribution in [0.2, 0.25) is 10.0 Å². The first kappa shape index (κ1) is 13.2. The molecular weight excluding hydrogens is 323 g/mol. The van der Waals surface area contributed by atoms with Gasteiger partial charge in [0, 0.05) is 17.1 Å². The molecule has 1 aliphatic rings. The fourth-order valence-electron chi connectivity index (χ4n) is 1.91. The van der Waals surface area contributed by atoms with Crippen LogP contribution in [0.1, 0.15) is 10.9 Å². The molecule has 0 radical (unpaired) electrons. The molecule has 0 aliphatic carbocycles. The van der Waals surface area contributed by atoms with E-state index in [9.17, 15) is 4.79 Å². The monoisotopic (exact) mass is 330 g/mol. The molecule has 1 amide bonds. The van der Waals surface area contributed by atoms with Crippen LogP contribution in [-0.2, 0) is 4.79 Å². The van der Waals surface area contributed by atoms with E-state index in [1.54, 1.807) is 17.2 Å². The number of hydrogen-bond acceptors (Lipinski definition) is 4. The second kappa shape index (κ2) is 5.32. The highest BCUT2D eigenvalue weighted by atomic mass is 35.5. The molecule has 19 heavy (non-hydrogen) atoms. The van der Waals surface area contributed by atoms with Gasteiger partial charge in [-0.3, -0.25) is 9.69 Å². The standard InChI is InChI=1S/C12H8Cl2N2OS2/c13-8-3-1-2-7(10(8)14)11-16(9(17)6-19-11)12-15-4-5-18-12/h1-5,11H,6H2/t11-/m1/s1. The molecule has 1 aliphatic heterocycles. The van der Waals surface area contributed by atoms with Gasteiger partial charge in [-0.05, 0) is 6.07 Å². The van der Waals surface area contributed by atoms with Crippen molar-refractivity contribution in [2.24, 2.45) is 0 Å². The molecule has 1 saturated heterocycles. The maximum absolute atomic E-state index is 12.0. The van der Waals surface area contributed by atoms with Crippen LogP contribution in [-0.4, -0.2) is 16.6 Å². The highest BCUT2D eigenvalue weighted by Crippen LogP contribution is 2.45. The molecule has 0 spiro atoms. The number of halogens is 2. The third-order valence-corrected chi connectivity index (χ3v) is 5.54. The van der Waals surface area contributed by atoms with Crippen molar-refractivity contribution in [2.45, 2.75) is 5.37 Å². The maximum atomic E-state index is 12.0. The van der Waals surface area contributed by atoms with Crippen LogP contribution in [0, 0.1) is 0 Å². The molecule has 3 rings (SSSR count). The van der Waals surface area contributed by atoms with Crippen LogP contribution in [0.4, 0.5) is 5.13 Å². The number of thioether (sulfide) groups is 1. The smallest absolute Gasteiger partial charge is 0.240 e. The summed E-state index contributed by atoms with van der Waals surface area (Å²) in [6.45, 7) is 0. The van der Waals surface area contributed by atoms with Gasteiger partial charge < -0.3 is 0 Å². The van der Waals surface area contributed by atoms with E-state index in [2.05, 4.69) is 4.98 Å². The molecule has 0 saturated carbocycles. The van der Waals surface area contributed by atoms with Crippen molar-refractivity contribution < 1.29 is 4.79 Å². The van der Waals surface area contributed by atoms with E-state index >= 15 is 0 Å². The predicted molar refractivity (Wildman–Crippen MR) is 81.3 cm³/mol. The van der Waals surface area contributed by atoms with Crippen LogP contribution < -0.4 is 4.90 Å². The van der Waals surface area contributed by atoms with Gasteiger partial charge in [-0.25, -0.2) is 4.98 Å². The SMILES string of the molecule is O=C1CS[C@H](c2cccc(Cl)c2Cl)N1c1nccs1. The first-order valence-electron chi connectivity index (χ1n) is 5.45. The van der Waals surface area contributed by atoms with Gasteiger partial charge in [0.15, 0.2) is 5.13 Å². The third kappa shape index (κ3) is 2.36. The molecular formula is C12H8Cl2N2OS2. The van der Waals surface area contributed by atoms with Crippen molar-refractivity contribution in [1.82, 2.24) is 4.98 Å². The number of aromatic nitrogens is 1. The number of benzene rings is 1. The summed E-state index contributed by atoms with van der Waals surface area (Å²) in [6, 6.07) is 5.47. The minimum Gasteiger partial charge on any atom is -0.273 e. The van der Waals surface area contributed by atoms with Gasteiger partial charge in [0.1, 0.15) is 5.37 Å². The van der Waals surface area contributed by atoms with E-state index in [4.69, 9.17) is 23.2 Å². The highest BCUT2D eigenvalue weighted by Gasteiger charge is 2.36. The van der Waals surface area contributed by atoms with Crippen LogP contribution in [0.15, 0.2) is 29.8 Å². The van der Waals surface area contributed by atoms with Crippen LogP contribution in [0.5, 0.6) is 0 Å². The summed E-state index contributed by atoms with van der Waals surface area (Å²) in [5.41, 5.74) is 0.847.